The standard InChI is InChI=1S/C34H50N2O3/c1-23-28(30(37)35-17-16-33(5,6)31(38)39-8)21-29(36(23)22-24-12-10-9-11-13-24)25-18-26(32(2,3)4)20-27(19-25)34(7)14-15-34/h18-21,24H,9-17,22H2,1-8H3,(H,35,37). The summed E-state index contributed by atoms with van der Waals surface area (Å²) >= 11 is 0. The van der Waals surface area contributed by atoms with Crippen LogP contribution in [0.15, 0.2) is 24.3 Å². The highest BCUT2D eigenvalue weighted by Crippen LogP contribution is 2.49. The molecule has 2 aliphatic rings. The molecule has 214 valence electrons. The van der Waals surface area contributed by atoms with E-state index in [0.29, 0.717) is 18.9 Å². The van der Waals surface area contributed by atoms with Crippen molar-refractivity contribution in [3.63, 3.8) is 0 Å². The molecule has 2 aromatic rings. The molecule has 1 N–H and O–H groups in total. The van der Waals surface area contributed by atoms with Gasteiger partial charge in [-0.05, 0) is 105 Å². The van der Waals surface area contributed by atoms with Crippen molar-refractivity contribution in [3.8, 4) is 11.3 Å². The number of amides is 1. The molecular weight excluding hydrogens is 484 g/mol. The number of hydrogen-bond donors (Lipinski definition) is 1. The summed E-state index contributed by atoms with van der Waals surface area (Å²) in [5.74, 6) is 0.317. The molecule has 5 heteroatoms. The summed E-state index contributed by atoms with van der Waals surface area (Å²) in [7, 11) is 1.41. The summed E-state index contributed by atoms with van der Waals surface area (Å²) in [5.41, 5.74) is 6.56. The van der Waals surface area contributed by atoms with Gasteiger partial charge in [0.2, 0.25) is 0 Å². The Labute approximate surface area is 236 Å². The molecule has 1 heterocycles. The minimum absolute atomic E-state index is 0.0402. The van der Waals surface area contributed by atoms with Gasteiger partial charge in [0.05, 0.1) is 18.1 Å². The zero-order chi connectivity index (χ0) is 28.6. The molecule has 0 bridgehead atoms. The van der Waals surface area contributed by atoms with E-state index in [1.165, 1.54) is 68.7 Å². The highest BCUT2D eigenvalue weighted by atomic mass is 16.5. The quantitative estimate of drug-likeness (QED) is 0.335. The second-order valence-corrected chi connectivity index (χ2v) is 14.1. The van der Waals surface area contributed by atoms with Crippen molar-refractivity contribution in [1.82, 2.24) is 9.88 Å². The fraction of sp³-hybridized carbons (Fsp3) is 0.647. The maximum Gasteiger partial charge on any atom is 0.311 e. The van der Waals surface area contributed by atoms with Crippen LogP contribution in [-0.4, -0.2) is 30.1 Å². The highest BCUT2D eigenvalue weighted by Gasteiger charge is 2.40. The molecule has 4 rings (SSSR count). The summed E-state index contributed by atoms with van der Waals surface area (Å²) in [4.78, 5) is 25.6. The highest BCUT2D eigenvalue weighted by molar-refractivity contribution is 5.97. The Morgan fingerprint density at radius 1 is 1.03 bits per heavy atom. The molecular formula is C34H50N2O3. The summed E-state index contributed by atoms with van der Waals surface area (Å²) in [5, 5.41) is 3.09. The molecule has 2 aliphatic carbocycles. The minimum Gasteiger partial charge on any atom is -0.469 e. The van der Waals surface area contributed by atoms with Crippen LogP contribution in [0, 0.1) is 18.3 Å². The number of hydrogen-bond acceptors (Lipinski definition) is 3. The Bertz CT molecular complexity index is 1180. The Morgan fingerprint density at radius 2 is 1.69 bits per heavy atom. The molecule has 1 aromatic heterocycles. The monoisotopic (exact) mass is 534 g/mol. The number of methoxy groups -OCH3 is 1. The van der Waals surface area contributed by atoms with E-state index in [1.54, 1.807) is 0 Å². The van der Waals surface area contributed by atoms with Crippen LogP contribution >= 0.6 is 0 Å². The first kappa shape index (κ1) is 29.4. The van der Waals surface area contributed by atoms with E-state index in [2.05, 4.69) is 68.8 Å². The van der Waals surface area contributed by atoms with E-state index in [1.807, 2.05) is 13.8 Å². The lowest BCUT2D eigenvalue weighted by molar-refractivity contribution is -0.151. The van der Waals surface area contributed by atoms with Crippen molar-refractivity contribution in [3.05, 3.63) is 46.6 Å². The van der Waals surface area contributed by atoms with Crippen LogP contribution in [0.4, 0.5) is 0 Å². The third-order valence-electron chi connectivity index (χ3n) is 9.34. The SMILES string of the molecule is COC(=O)C(C)(C)CCNC(=O)c1cc(-c2cc(C(C)(C)C)cc(C3(C)CC3)c2)n(CC2CCCCC2)c1C. The van der Waals surface area contributed by atoms with Crippen molar-refractivity contribution < 1.29 is 14.3 Å². The third kappa shape index (κ3) is 6.61. The first-order valence-electron chi connectivity index (χ1n) is 15.0. The molecule has 2 saturated carbocycles. The van der Waals surface area contributed by atoms with Crippen molar-refractivity contribution in [2.45, 2.75) is 117 Å². The molecule has 1 amide bonds. The fourth-order valence-electron chi connectivity index (χ4n) is 5.97. The second kappa shape index (κ2) is 11.1. The van der Waals surface area contributed by atoms with E-state index >= 15 is 0 Å². The number of carbonyl (C=O) groups is 2. The summed E-state index contributed by atoms with van der Waals surface area (Å²) in [6.07, 6.45) is 9.43. The van der Waals surface area contributed by atoms with Crippen LogP contribution < -0.4 is 5.32 Å². The summed E-state index contributed by atoms with van der Waals surface area (Å²) < 4.78 is 7.35. The minimum atomic E-state index is -0.641. The smallest absolute Gasteiger partial charge is 0.311 e. The van der Waals surface area contributed by atoms with Gasteiger partial charge in [-0.3, -0.25) is 9.59 Å². The predicted octanol–water partition coefficient (Wildman–Crippen LogP) is 7.71. The average molecular weight is 535 g/mol. The van der Waals surface area contributed by atoms with Gasteiger partial charge in [0, 0.05) is 24.5 Å². The van der Waals surface area contributed by atoms with Gasteiger partial charge in [0.1, 0.15) is 0 Å². The maximum absolute atomic E-state index is 13.5. The second-order valence-electron chi connectivity index (χ2n) is 14.1. The van der Waals surface area contributed by atoms with Gasteiger partial charge >= 0.3 is 5.97 Å². The van der Waals surface area contributed by atoms with Crippen molar-refractivity contribution in [1.29, 1.82) is 0 Å². The molecule has 0 radical (unpaired) electrons. The van der Waals surface area contributed by atoms with Gasteiger partial charge in [-0.1, -0.05) is 53.0 Å². The Kier molecular flexibility index (Phi) is 8.40. The van der Waals surface area contributed by atoms with Crippen LogP contribution in [0.25, 0.3) is 11.3 Å². The number of rotatable bonds is 9. The van der Waals surface area contributed by atoms with Crippen LogP contribution in [0.5, 0.6) is 0 Å². The molecule has 0 aliphatic heterocycles. The van der Waals surface area contributed by atoms with Gasteiger partial charge in [-0.2, -0.15) is 0 Å². The maximum atomic E-state index is 13.5. The van der Waals surface area contributed by atoms with Crippen LogP contribution in [0.1, 0.15) is 120 Å². The normalized spacial score (nSPS) is 17.6. The predicted molar refractivity (Wildman–Crippen MR) is 159 cm³/mol. The van der Waals surface area contributed by atoms with Crippen molar-refractivity contribution >= 4 is 11.9 Å². The Hall–Kier alpha value is -2.56. The lowest BCUT2D eigenvalue weighted by atomic mass is 9.82. The number of carbonyl (C=O) groups excluding carboxylic acids is 2. The fourth-order valence-corrected chi connectivity index (χ4v) is 5.97. The average Bonchev–Trinajstić information content (AvgIpc) is 3.57. The number of nitrogens with one attached hydrogen (secondary N) is 1. The van der Waals surface area contributed by atoms with E-state index in [9.17, 15) is 9.59 Å². The molecule has 0 unspecified atom stereocenters. The molecule has 39 heavy (non-hydrogen) atoms. The van der Waals surface area contributed by atoms with Gasteiger partial charge in [0.25, 0.3) is 5.91 Å². The molecule has 0 spiro atoms. The third-order valence-corrected chi connectivity index (χ3v) is 9.34. The molecule has 1 aromatic carbocycles. The topological polar surface area (TPSA) is 60.3 Å². The summed E-state index contributed by atoms with van der Waals surface area (Å²) in [6.45, 7) is 16.4. The lowest BCUT2D eigenvalue weighted by Crippen LogP contribution is -2.32. The van der Waals surface area contributed by atoms with Crippen molar-refractivity contribution in [2.24, 2.45) is 11.3 Å². The number of esters is 1. The molecule has 2 fully saturated rings. The lowest BCUT2D eigenvalue weighted by Gasteiger charge is -2.26. The number of aromatic nitrogens is 1. The van der Waals surface area contributed by atoms with E-state index in [-0.39, 0.29) is 22.7 Å². The first-order valence-corrected chi connectivity index (χ1v) is 15.0. The largest absolute Gasteiger partial charge is 0.469 e. The zero-order valence-corrected chi connectivity index (χ0v) is 25.6. The van der Waals surface area contributed by atoms with Gasteiger partial charge in [0.15, 0.2) is 0 Å². The van der Waals surface area contributed by atoms with Gasteiger partial charge < -0.3 is 14.6 Å². The molecule has 5 nitrogen and oxygen atoms in total. The number of nitrogens with zero attached hydrogens (tertiary/aromatic N) is 1. The zero-order valence-electron chi connectivity index (χ0n) is 25.6. The van der Waals surface area contributed by atoms with E-state index in [4.69, 9.17) is 4.74 Å². The Morgan fingerprint density at radius 3 is 2.28 bits per heavy atom. The summed E-state index contributed by atoms with van der Waals surface area (Å²) in [6, 6.07) is 9.26. The first-order chi connectivity index (χ1) is 18.2. The number of benzene rings is 1. The molecule has 0 saturated heterocycles. The van der Waals surface area contributed by atoms with Gasteiger partial charge in [-0.15, -0.1) is 0 Å². The van der Waals surface area contributed by atoms with Crippen LogP contribution in [-0.2, 0) is 26.9 Å². The van der Waals surface area contributed by atoms with Crippen LogP contribution in [0.2, 0.25) is 0 Å². The molecule has 0 atom stereocenters. The van der Waals surface area contributed by atoms with E-state index in [0.717, 1.165) is 23.5 Å². The van der Waals surface area contributed by atoms with E-state index < -0.39 is 5.41 Å². The van der Waals surface area contributed by atoms with Gasteiger partial charge in [-0.25, -0.2) is 0 Å². The number of ether oxygens (including phenoxy) is 1. The van der Waals surface area contributed by atoms with Crippen molar-refractivity contribution in [2.75, 3.05) is 13.7 Å². The van der Waals surface area contributed by atoms with Crippen LogP contribution in [0.3, 0.4) is 0 Å². The Balaban J connectivity index is 1.70.